The van der Waals surface area contributed by atoms with Gasteiger partial charge in [-0.1, -0.05) is 17.7 Å². The molecule has 0 aliphatic carbocycles. The number of rotatable bonds is 4. The first kappa shape index (κ1) is 15.2. The lowest BCUT2D eigenvalue weighted by Gasteiger charge is -2.10. The predicted molar refractivity (Wildman–Crippen MR) is 85.9 cm³/mol. The van der Waals surface area contributed by atoms with Gasteiger partial charge in [0.05, 0.1) is 16.8 Å². The molecule has 0 aliphatic heterocycles. The number of nitrogens with one attached hydrogen (secondary N) is 1. The van der Waals surface area contributed by atoms with Crippen molar-refractivity contribution in [3.05, 3.63) is 59.9 Å². The van der Waals surface area contributed by atoms with Crippen LogP contribution >= 0.6 is 0 Å². The number of anilines is 1. The SMILES string of the molecule is Cc1ccc(S(=O)(=O)Nc2ccnn2-c2ccc(C)nn2)cc1. The van der Waals surface area contributed by atoms with Crippen LogP contribution in [0.15, 0.2) is 53.6 Å². The fraction of sp³-hybridized carbons (Fsp3) is 0.133. The van der Waals surface area contributed by atoms with Crippen molar-refractivity contribution in [1.29, 1.82) is 0 Å². The number of aryl methyl sites for hydroxylation is 2. The Balaban J connectivity index is 1.93. The standard InChI is InChI=1S/C15H15N5O2S/c1-11-3-6-13(7-4-11)23(21,22)19-15-9-10-16-20(15)14-8-5-12(2)17-18-14/h3-10,19H,1-2H3. The van der Waals surface area contributed by atoms with Crippen molar-refractivity contribution in [2.24, 2.45) is 0 Å². The Morgan fingerprint density at radius 3 is 2.35 bits per heavy atom. The van der Waals surface area contributed by atoms with Crippen LogP contribution in [-0.4, -0.2) is 28.4 Å². The molecular formula is C15H15N5O2S. The lowest BCUT2D eigenvalue weighted by Crippen LogP contribution is -2.16. The lowest BCUT2D eigenvalue weighted by atomic mass is 10.2. The van der Waals surface area contributed by atoms with Crippen LogP contribution in [0.4, 0.5) is 5.82 Å². The van der Waals surface area contributed by atoms with Gasteiger partial charge < -0.3 is 0 Å². The van der Waals surface area contributed by atoms with Crippen LogP contribution in [0.1, 0.15) is 11.3 Å². The van der Waals surface area contributed by atoms with Crippen molar-refractivity contribution in [1.82, 2.24) is 20.0 Å². The molecule has 0 atom stereocenters. The summed E-state index contributed by atoms with van der Waals surface area (Å²) in [6.45, 7) is 3.72. The third kappa shape index (κ3) is 3.21. The zero-order valence-electron chi connectivity index (χ0n) is 12.6. The zero-order chi connectivity index (χ0) is 16.4. The summed E-state index contributed by atoms with van der Waals surface area (Å²) in [5, 5.41) is 12.1. The first-order valence-electron chi connectivity index (χ1n) is 6.90. The Kier molecular flexibility index (Phi) is 3.83. The number of benzene rings is 1. The van der Waals surface area contributed by atoms with Crippen LogP contribution in [0, 0.1) is 13.8 Å². The lowest BCUT2D eigenvalue weighted by molar-refractivity contribution is 0.600. The summed E-state index contributed by atoms with van der Waals surface area (Å²) in [7, 11) is -3.70. The molecule has 0 bridgehead atoms. The number of sulfonamides is 1. The summed E-state index contributed by atoms with van der Waals surface area (Å²) in [4.78, 5) is 0.186. The summed E-state index contributed by atoms with van der Waals surface area (Å²) in [5.74, 6) is 0.728. The van der Waals surface area contributed by atoms with Crippen molar-refractivity contribution in [2.75, 3.05) is 4.72 Å². The second-order valence-corrected chi connectivity index (χ2v) is 6.76. The van der Waals surface area contributed by atoms with E-state index in [0.717, 1.165) is 11.3 Å². The van der Waals surface area contributed by atoms with Gasteiger partial charge in [-0.3, -0.25) is 4.72 Å². The molecule has 0 aliphatic rings. The van der Waals surface area contributed by atoms with Crippen LogP contribution < -0.4 is 4.72 Å². The highest BCUT2D eigenvalue weighted by Gasteiger charge is 2.17. The van der Waals surface area contributed by atoms with E-state index in [1.807, 2.05) is 13.8 Å². The fourth-order valence-electron chi connectivity index (χ4n) is 1.98. The highest BCUT2D eigenvalue weighted by molar-refractivity contribution is 7.92. The predicted octanol–water partition coefficient (Wildman–Crippen LogP) is 2.08. The molecule has 0 amide bonds. The quantitative estimate of drug-likeness (QED) is 0.791. The molecule has 1 aromatic carbocycles. The van der Waals surface area contributed by atoms with Gasteiger partial charge in [-0.15, -0.1) is 5.10 Å². The third-order valence-corrected chi connectivity index (χ3v) is 4.58. The minimum absolute atomic E-state index is 0.186. The number of nitrogens with zero attached hydrogens (tertiary/aromatic N) is 4. The van der Waals surface area contributed by atoms with Gasteiger partial charge in [-0.25, -0.2) is 8.42 Å². The van der Waals surface area contributed by atoms with E-state index in [9.17, 15) is 8.42 Å². The largest absolute Gasteiger partial charge is 0.263 e. The first-order chi connectivity index (χ1) is 11.0. The van der Waals surface area contributed by atoms with Crippen LogP contribution in [0.5, 0.6) is 0 Å². The van der Waals surface area contributed by atoms with E-state index in [1.54, 1.807) is 42.5 Å². The van der Waals surface area contributed by atoms with Crippen LogP contribution in [0.2, 0.25) is 0 Å². The van der Waals surface area contributed by atoms with Crippen molar-refractivity contribution < 1.29 is 8.42 Å². The summed E-state index contributed by atoms with van der Waals surface area (Å²) >= 11 is 0. The van der Waals surface area contributed by atoms with E-state index in [4.69, 9.17) is 0 Å². The van der Waals surface area contributed by atoms with Crippen LogP contribution in [0.25, 0.3) is 5.82 Å². The van der Waals surface area contributed by atoms with Crippen molar-refractivity contribution in [3.63, 3.8) is 0 Å². The van der Waals surface area contributed by atoms with E-state index in [1.165, 1.54) is 10.9 Å². The van der Waals surface area contributed by atoms with Crippen LogP contribution in [-0.2, 0) is 10.0 Å². The summed E-state index contributed by atoms with van der Waals surface area (Å²) in [5.41, 5.74) is 1.76. The minimum Gasteiger partial charge on any atom is -0.263 e. The number of hydrogen-bond donors (Lipinski definition) is 1. The Labute approximate surface area is 134 Å². The normalized spacial score (nSPS) is 11.4. The molecule has 7 nitrogen and oxygen atoms in total. The number of aromatic nitrogens is 4. The second-order valence-electron chi connectivity index (χ2n) is 5.08. The summed E-state index contributed by atoms with van der Waals surface area (Å²) in [6.07, 6.45) is 1.49. The maximum absolute atomic E-state index is 12.5. The molecule has 0 saturated carbocycles. The summed E-state index contributed by atoms with van der Waals surface area (Å²) < 4.78 is 28.8. The molecule has 0 unspecified atom stereocenters. The van der Waals surface area contributed by atoms with E-state index in [0.29, 0.717) is 11.6 Å². The summed E-state index contributed by atoms with van der Waals surface area (Å²) in [6, 6.07) is 11.7. The molecule has 0 saturated heterocycles. The van der Waals surface area contributed by atoms with E-state index < -0.39 is 10.0 Å². The van der Waals surface area contributed by atoms with Gasteiger partial charge >= 0.3 is 0 Å². The number of hydrogen-bond acceptors (Lipinski definition) is 5. The smallest absolute Gasteiger partial charge is 0.263 e. The molecule has 0 spiro atoms. The maximum atomic E-state index is 12.5. The fourth-order valence-corrected chi connectivity index (χ4v) is 3.02. The van der Waals surface area contributed by atoms with Gasteiger partial charge in [0.2, 0.25) is 0 Å². The first-order valence-corrected chi connectivity index (χ1v) is 8.38. The average Bonchev–Trinajstić information content (AvgIpc) is 2.96. The highest BCUT2D eigenvalue weighted by Crippen LogP contribution is 2.18. The molecule has 3 rings (SSSR count). The molecule has 8 heteroatoms. The van der Waals surface area contributed by atoms with Crippen molar-refractivity contribution >= 4 is 15.8 Å². The molecule has 0 radical (unpaired) electrons. The second kappa shape index (κ2) is 5.81. The van der Waals surface area contributed by atoms with Gasteiger partial charge in [0.1, 0.15) is 5.82 Å². The monoisotopic (exact) mass is 329 g/mol. The minimum atomic E-state index is -3.70. The van der Waals surface area contributed by atoms with Gasteiger partial charge in [0.25, 0.3) is 10.0 Å². The van der Waals surface area contributed by atoms with E-state index >= 15 is 0 Å². The molecule has 118 valence electrons. The Morgan fingerprint density at radius 2 is 1.70 bits per heavy atom. The molecular weight excluding hydrogens is 314 g/mol. The Hall–Kier alpha value is -2.74. The van der Waals surface area contributed by atoms with Gasteiger partial charge in [-0.05, 0) is 38.1 Å². The third-order valence-electron chi connectivity index (χ3n) is 3.21. The van der Waals surface area contributed by atoms with Crippen molar-refractivity contribution in [3.8, 4) is 5.82 Å². The van der Waals surface area contributed by atoms with Crippen LogP contribution in [0.3, 0.4) is 0 Å². The molecule has 0 fully saturated rings. The van der Waals surface area contributed by atoms with Gasteiger partial charge in [0, 0.05) is 6.07 Å². The molecule has 2 aromatic heterocycles. The van der Waals surface area contributed by atoms with Gasteiger partial charge in [0.15, 0.2) is 5.82 Å². The Bertz CT molecular complexity index is 915. The van der Waals surface area contributed by atoms with E-state index in [-0.39, 0.29) is 4.90 Å². The van der Waals surface area contributed by atoms with Crippen molar-refractivity contribution in [2.45, 2.75) is 18.7 Å². The average molecular weight is 329 g/mol. The Morgan fingerprint density at radius 1 is 0.957 bits per heavy atom. The highest BCUT2D eigenvalue weighted by atomic mass is 32.2. The molecule has 23 heavy (non-hydrogen) atoms. The molecule has 2 heterocycles. The van der Waals surface area contributed by atoms with E-state index in [2.05, 4.69) is 20.0 Å². The topological polar surface area (TPSA) is 89.8 Å². The zero-order valence-corrected chi connectivity index (χ0v) is 13.4. The molecule has 3 aromatic rings. The molecule has 1 N–H and O–H groups in total. The maximum Gasteiger partial charge on any atom is 0.263 e. The van der Waals surface area contributed by atoms with Gasteiger partial charge in [-0.2, -0.15) is 14.9 Å².